The fourth-order valence-electron chi connectivity index (χ4n) is 3.13. The van der Waals surface area contributed by atoms with Crippen molar-refractivity contribution in [2.24, 2.45) is 5.92 Å². The molecule has 1 heterocycles. The Morgan fingerprint density at radius 3 is 2.36 bits per heavy atom. The SMILES string of the molecule is C=C(CCl)C[C@H](O[Si](CC)(CC)CC)C(=O)N1C(=O)OC[C@H]1C(C)C. The predicted octanol–water partition coefficient (Wildman–Crippen LogP) is 4.57. The number of carbonyl (C=O) groups is 2. The van der Waals surface area contributed by atoms with Gasteiger partial charge in [-0.05, 0) is 24.1 Å². The van der Waals surface area contributed by atoms with Gasteiger partial charge in [-0.25, -0.2) is 9.69 Å². The Kier molecular flexibility index (Phi) is 8.64. The summed E-state index contributed by atoms with van der Waals surface area (Å²) in [6.45, 7) is 14.4. The number of hydrogen-bond acceptors (Lipinski definition) is 4. The lowest BCUT2D eigenvalue weighted by Gasteiger charge is -2.35. The minimum absolute atomic E-state index is 0.123. The third kappa shape index (κ3) is 5.31. The standard InChI is InChI=1S/C18H32ClNO4Si/c1-7-25(8-2,9-3)24-16(10-14(6)11-19)17(21)20-15(13(4)5)12-23-18(20)22/h13,15-16H,6-12H2,1-5H3/t15-,16-/m0/s1. The van der Waals surface area contributed by atoms with Crippen molar-refractivity contribution in [2.45, 2.75) is 71.3 Å². The Bertz CT molecular complexity index is 485. The Morgan fingerprint density at radius 2 is 1.92 bits per heavy atom. The minimum Gasteiger partial charge on any atom is -0.447 e. The molecule has 0 radical (unpaired) electrons. The van der Waals surface area contributed by atoms with E-state index >= 15 is 0 Å². The molecule has 0 unspecified atom stereocenters. The molecule has 7 heteroatoms. The van der Waals surface area contributed by atoms with Gasteiger partial charge in [0.2, 0.25) is 0 Å². The zero-order valence-corrected chi connectivity index (χ0v) is 17.9. The molecular weight excluding hydrogens is 358 g/mol. The van der Waals surface area contributed by atoms with E-state index in [2.05, 4.69) is 27.4 Å². The van der Waals surface area contributed by atoms with Crippen LogP contribution >= 0.6 is 11.6 Å². The summed E-state index contributed by atoms with van der Waals surface area (Å²) < 4.78 is 11.6. The molecule has 1 aliphatic rings. The van der Waals surface area contributed by atoms with Gasteiger partial charge in [0.15, 0.2) is 8.32 Å². The average molecular weight is 390 g/mol. The molecule has 25 heavy (non-hydrogen) atoms. The highest BCUT2D eigenvalue weighted by Crippen LogP contribution is 2.29. The fraction of sp³-hybridized carbons (Fsp3) is 0.778. The Labute approximate surface area is 157 Å². The van der Waals surface area contributed by atoms with Crippen LogP contribution in [0.15, 0.2) is 12.2 Å². The second kappa shape index (κ2) is 9.74. The van der Waals surface area contributed by atoms with Crippen LogP contribution in [0.5, 0.6) is 0 Å². The Morgan fingerprint density at radius 1 is 1.36 bits per heavy atom. The van der Waals surface area contributed by atoms with Gasteiger partial charge in [-0.1, -0.05) is 46.8 Å². The second-order valence-electron chi connectivity index (χ2n) is 7.03. The lowest BCUT2D eigenvalue weighted by Crippen LogP contribution is -2.51. The third-order valence-electron chi connectivity index (χ3n) is 5.18. The number of carbonyl (C=O) groups excluding carboxylic acids is 2. The maximum atomic E-state index is 13.2. The minimum atomic E-state index is -2.03. The fourth-order valence-corrected chi connectivity index (χ4v) is 6.03. The van der Waals surface area contributed by atoms with E-state index in [9.17, 15) is 9.59 Å². The van der Waals surface area contributed by atoms with Crippen LogP contribution in [0.1, 0.15) is 41.0 Å². The highest BCUT2D eigenvalue weighted by atomic mass is 35.5. The number of cyclic esters (lactones) is 1. The summed E-state index contributed by atoms with van der Waals surface area (Å²) >= 11 is 5.88. The molecule has 0 aromatic carbocycles. The molecule has 1 aliphatic heterocycles. The van der Waals surface area contributed by atoms with Crippen LogP contribution in [-0.4, -0.2) is 49.9 Å². The number of alkyl halides is 1. The van der Waals surface area contributed by atoms with E-state index < -0.39 is 20.5 Å². The van der Waals surface area contributed by atoms with Crippen molar-refractivity contribution in [3.05, 3.63) is 12.2 Å². The molecule has 144 valence electrons. The number of amides is 2. The van der Waals surface area contributed by atoms with E-state index in [0.717, 1.165) is 23.7 Å². The summed E-state index contributed by atoms with van der Waals surface area (Å²) in [5, 5.41) is 0. The lowest BCUT2D eigenvalue weighted by molar-refractivity contribution is -0.137. The highest BCUT2D eigenvalue weighted by molar-refractivity contribution is 6.73. The van der Waals surface area contributed by atoms with Crippen LogP contribution < -0.4 is 0 Å². The molecule has 0 saturated carbocycles. The highest BCUT2D eigenvalue weighted by Gasteiger charge is 2.44. The maximum Gasteiger partial charge on any atom is 0.417 e. The molecule has 0 spiro atoms. The summed E-state index contributed by atoms with van der Waals surface area (Å²) in [6.07, 6.45) is -0.957. The smallest absolute Gasteiger partial charge is 0.417 e. The molecule has 1 fully saturated rings. The van der Waals surface area contributed by atoms with Gasteiger partial charge in [0, 0.05) is 12.3 Å². The Hall–Kier alpha value is -0.853. The van der Waals surface area contributed by atoms with E-state index in [4.69, 9.17) is 20.8 Å². The first-order chi connectivity index (χ1) is 11.7. The predicted molar refractivity (Wildman–Crippen MR) is 103 cm³/mol. The van der Waals surface area contributed by atoms with Crippen molar-refractivity contribution < 1.29 is 18.8 Å². The molecule has 5 nitrogen and oxygen atoms in total. The summed E-state index contributed by atoms with van der Waals surface area (Å²) in [5.41, 5.74) is 0.736. The van der Waals surface area contributed by atoms with Crippen molar-refractivity contribution in [1.29, 1.82) is 0 Å². The van der Waals surface area contributed by atoms with Gasteiger partial charge >= 0.3 is 6.09 Å². The molecule has 0 aromatic rings. The van der Waals surface area contributed by atoms with Gasteiger partial charge in [-0.3, -0.25) is 4.79 Å². The number of halogens is 1. The first kappa shape index (κ1) is 22.2. The number of ether oxygens (including phenoxy) is 1. The van der Waals surface area contributed by atoms with Gasteiger partial charge in [-0.2, -0.15) is 0 Å². The van der Waals surface area contributed by atoms with Crippen molar-refractivity contribution >= 4 is 31.9 Å². The number of imide groups is 1. The quantitative estimate of drug-likeness (QED) is 0.312. The molecule has 2 amide bonds. The van der Waals surface area contributed by atoms with Gasteiger partial charge in [0.05, 0.1) is 6.04 Å². The summed E-state index contributed by atoms with van der Waals surface area (Å²) in [4.78, 5) is 26.6. The van der Waals surface area contributed by atoms with Gasteiger partial charge in [0.1, 0.15) is 12.7 Å². The first-order valence-electron chi connectivity index (χ1n) is 9.15. The molecule has 1 rings (SSSR count). The van der Waals surface area contributed by atoms with E-state index in [-0.39, 0.29) is 30.4 Å². The lowest BCUT2D eigenvalue weighted by atomic mass is 10.0. The van der Waals surface area contributed by atoms with Crippen molar-refractivity contribution in [3.63, 3.8) is 0 Å². The van der Waals surface area contributed by atoms with Crippen molar-refractivity contribution in [1.82, 2.24) is 4.90 Å². The van der Waals surface area contributed by atoms with Crippen LogP contribution in [0.4, 0.5) is 4.79 Å². The number of hydrogen-bond donors (Lipinski definition) is 0. The van der Waals surface area contributed by atoms with Gasteiger partial charge in [-0.15, -0.1) is 11.6 Å². The van der Waals surface area contributed by atoms with Crippen molar-refractivity contribution in [2.75, 3.05) is 12.5 Å². The molecule has 0 aromatic heterocycles. The summed E-state index contributed by atoms with van der Waals surface area (Å²) in [5.74, 6) is 0.0712. The van der Waals surface area contributed by atoms with E-state index in [1.807, 2.05) is 13.8 Å². The summed E-state index contributed by atoms with van der Waals surface area (Å²) in [7, 11) is -2.03. The number of nitrogens with zero attached hydrogens (tertiary/aromatic N) is 1. The maximum absolute atomic E-state index is 13.2. The first-order valence-corrected chi connectivity index (χ1v) is 12.2. The van der Waals surface area contributed by atoms with Crippen LogP contribution in [0.3, 0.4) is 0 Å². The molecule has 2 atom stereocenters. The van der Waals surface area contributed by atoms with Crippen LogP contribution in [0.2, 0.25) is 18.1 Å². The van der Waals surface area contributed by atoms with Gasteiger partial charge < -0.3 is 9.16 Å². The second-order valence-corrected chi connectivity index (χ2v) is 12.0. The normalized spacial score (nSPS) is 19.2. The molecule has 0 N–H and O–H groups in total. The molecular formula is C18H32ClNO4Si. The van der Waals surface area contributed by atoms with E-state index in [0.29, 0.717) is 6.42 Å². The zero-order chi connectivity index (χ0) is 19.2. The molecule has 0 bridgehead atoms. The zero-order valence-electron chi connectivity index (χ0n) is 16.1. The summed E-state index contributed by atoms with van der Waals surface area (Å²) in [6, 6.07) is 2.52. The van der Waals surface area contributed by atoms with Crippen LogP contribution in [0.25, 0.3) is 0 Å². The average Bonchev–Trinajstić information content (AvgIpc) is 2.99. The van der Waals surface area contributed by atoms with Crippen LogP contribution in [0, 0.1) is 5.92 Å². The van der Waals surface area contributed by atoms with Gasteiger partial charge in [0.25, 0.3) is 5.91 Å². The molecule has 0 aliphatic carbocycles. The largest absolute Gasteiger partial charge is 0.447 e. The van der Waals surface area contributed by atoms with E-state index in [1.165, 1.54) is 4.90 Å². The topological polar surface area (TPSA) is 55.8 Å². The van der Waals surface area contributed by atoms with Crippen molar-refractivity contribution in [3.8, 4) is 0 Å². The Balaban J connectivity index is 3.11. The monoisotopic (exact) mass is 389 g/mol. The van der Waals surface area contributed by atoms with E-state index in [1.54, 1.807) is 0 Å². The molecule has 1 saturated heterocycles. The number of rotatable bonds is 10. The van der Waals surface area contributed by atoms with Crippen LogP contribution in [-0.2, 0) is 14.0 Å². The third-order valence-corrected chi connectivity index (χ3v) is 10.2.